The lowest BCUT2D eigenvalue weighted by Gasteiger charge is -2.23. The molecule has 4 aromatic rings. The maximum atomic E-state index is 12.8. The molecule has 0 atom stereocenters. The van der Waals surface area contributed by atoms with Crippen molar-refractivity contribution in [2.75, 3.05) is 213 Å². The first-order valence-corrected chi connectivity index (χ1v) is 32.5. The molecule has 0 aliphatic carbocycles. The molecule has 512 valence electrons. The predicted octanol–water partition coefficient (Wildman–Crippen LogP) is 7.62. The Balaban J connectivity index is 0.000000398. The minimum atomic E-state index is -0.120. The van der Waals surface area contributed by atoms with Gasteiger partial charge >= 0.3 is 0 Å². The highest BCUT2D eigenvalue weighted by molar-refractivity contribution is 5.96. The zero-order valence-electron chi connectivity index (χ0n) is 57.4. The predicted molar refractivity (Wildman–Crippen MR) is 364 cm³/mol. The summed E-state index contributed by atoms with van der Waals surface area (Å²) < 4.78 is 45.8. The molecule has 1 saturated heterocycles. The van der Waals surface area contributed by atoms with Gasteiger partial charge in [-0.05, 0) is 145 Å². The number of anilines is 4. The van der Waals surface area contributed by atoms with Crippen molar-refractivity contribution in [3.05, 3.63) is 111 Å². The number of likely N-dealkylation sites (N-methyl/N-ethyl adjacent to an activating group) is 3. The van der Waals surface area contributed by atoms with E-state index in [-0.39, 0.29) is 49.2 Å². The number of amides is 5. The quantitative estimate of drug-likeness (QED) is 0.0356. The molecular formula is C70H109N9O13. The van der Waals surface area contributed by atoms with Crippen molar-refractivity contribution < 1.29 is 61.9 Å². The first kappa shape index (κ1) is 78.0. The molecule has 1 aliphatic heterocycles. The van der Waals surface area contributed by atoms with Crippen molar-refractivity contribution in [1.29, 1.82) is 0 Å². The van der Waals surface area contributed by atoms with Gasteiger partial charge in [0.1, 0.15) is 5.75 Å². The number of hydrogen-bond acceptors (Lipinski definition) is 17. The first-order chi connectivity index (χ1) is 44.3. The fourth-order valence-electron chi connectivity index (χ4n) is 10.1. The molecule has 0 unspecified atom stereocenters. The van der Waals surface area contributed by atoms with Gasteiger partial charge < -0.3 is 64.1 Å². The van der Waals surface area contributed by atoms with Gasteiger partial charge in [0, 0.05) is 82.3 Å². The second-order valence-corrected chi connectivity index (χ2v) is 23.3. The van der Waals surface area contributed by atoms with Gasteiger partial charge in [0.25, 0.3) is 5.91 Å². The Bertz CT molecular complexity index is 2650. The highest BCUT2D eigenvalue weighted by atomic mass is 16.5. The monoisotopic (exact) mass is 1280 g/mol. The highest BCUT2D eigenvalue weighted by Gasteiger charge is 2.18. The molecule has 0 spiro atoms. The standard InChI is InChI=1S/C38H61N5O7.C32H48N4O6/c1-9-43(10-2)27-35(45)40-38-31(5)24-33(25-32(38)6)50-28-36(46)42(8)17-13-19-48-21-23-49-22-20-47-18-12-16-41(7)26-34(44)39-37-29(3)14-11-15-30(37)4;1-25-7-5-8-26(2)31(25)33-29(37)23-35-11-15-39-19-21-41-17-13-36(14-18-42-22-20-40-16-12-35)24-30(38)34-32-27(3)9-6-10-28(32)4/h11,14-15,24-25H,9-10,12-13,16-23,26-28H2,1-8H3,(H,39,44)(H,40,45);5-10H,11-24H2,1-4H3,(H,33,37)(H,34,38). The number of rotatable bonds is 31. The van der Waals surface area contributed by atoms with Crippen LogP contribution in [0.15, 0.2) is 66.7 Å². The highest BCUT2D eigenvalue weighted by Crippen LogP contribution is 2.27. The van der Waals surface area contributed by atoms with Crippen LogP contribution in [-0.2, 0) is 57.1 Å². The molecule has 1 fully saturated rings. The summed E-state index contributed by atoms with van der Waals surface area (Å²) in [5.74, 6) is 0.280. The topological polar surface area (TPSA) is 224 Å². The van der Waals surface area contributed by atoms with Crippen molar-refractivity contribution in [3.63, 3.8) is 0 Å². The number of carbonyl (C=O) groups excluding carboxylic acids is 5. The third-order valence-electron chi connectivity index (χ3n) is 15.5. The van der Waals surface area contributed by atoms with Crippen LogP contribution in [0.4, 0.5) is 22.7 Å². The van der Waals surface area contributed by atoms with E-state index in [0.29, 0.717) is 150 Å². The van der Waals surface area contributed by atoms with Crippen LogP contribution < -0.4 is 26.0 Å². The molecule has 4 N–H and O–H groups in total. The number of aryl methyl sites for hydroxylation is 8. The molecule has 0 bridgehead atoms. The van der Waals surface area contributed by atoms with Gasteiger partial charge in [-0.25, -0.2) is 0 Å². The van der Waals surface area contributed by atoms with Gasteiger partial charge in [-0.15, -0.1) is 0 Å². The summed E-state index contributed by atoms with van der Waals surface area (Å²) in [5, 5.41) is 12.1. The van der Waals surface area contributed by atoms with Crippen LogP contribution >= 0.6 is 0 Å². The van der Waals surface area contributed by atoms with Crippen molar-refractivity contribution in [2.45, 2.75) is 82.1 Å². The maximum absolute atomic E-state index is 12.8. The third-order valence-corrected chi connectivity index (χ3v) is 15.5. The third kappa shape index (κ3) is 31.5. The summed E-state index contributed by atoms with van der Waals surface area (Å²) in [7, 11) is 3.68. The molecule has 0 saturated carbocycles. The molecule has 4 aromatic carbocycles. The molecule has 0 radical (unpaired) electrons. The second-order valence-electron chi connectivity index (χ2n) is 23.3. The number of benzene rings is 4. The number of nitrogens with zero attached hydrogens (tertiary/aromatic N) is 5. The van der Waals surface area contributed by atoms with Gasteiger partial charge in [-0.3, -0.25) is 43.6 Å². The van der Waals surface area contributed by atoms with E-state index in [1.807, 2.05) is 158 Å². The number of nitrogens with one attached hydrogen (secondary N) is 4. The van der Waals surface area contributed by atoms with Gasteiger partial charge in [0.2, 0.25) is 23.6 Å². The van der Waals surface area contributed by atoms with E-state index in [0.717, 1.165) is 93.3 Å². The number of hydrogen-bond donors (Lipinski definition) is 4. The fourth-order valence-corrected chi connectivity index (χ4v) is 10.1. The minimum Gasteiger partial charge on any atom is -0.484 e. The van der Waals surface area contributed by atoms with Crippen LogP contribution in [0.25, 0.3) is 0 Å². The maximum Gasteiger partial charge on any atom is 0.260 e. The largest absolute Gasteiger partial charge is 0.484 e. The smallest absolute Gasteiger partial charge is 0.260 e. The zero-order chi connectivity index (χ0) is 67.0. The van der Waals surface area contributed by atoms with E-state index in [4.69, 9.17) is 37.9 Å². The minimum absolute atomic E-state index is 0.0220. The Labute approximate surface area is 548 Å². The van der Waals surface area contributed by atoms with Gasteiger partial charge in [-0.1, -0.05) is 68.4 Å². The Kier molecular flexibility index (Phi) is 38.2. The van der Waals surface area contributed by atoms with Crippen LogP contribution in [0.3, 0.4) is 0 Å². The normalized spacial score (nSPS) is 14.2. The van der Waals surface area contributed by atoms with Crippen LogP contribution in [0.1, 0.15) is 71.2 Å². The Morgan fingerprint density at radius 1 is 0.446 bits per heavy atom. The average Bonchev–Trinajstić information content (AvgIpc) is 1.31. The molecule has 5 rings (SSSR count). The molecule has 5 amide bonds. The van der Waals surface area contributed by atoms with Crippen LogP contribution in [-0.4, -0.2) is 246 Å². The average molecular weight is 1280 g/mol. The van der Waals surface area contributed by atoms with E-state index < -0.39 is 0 Å². The summed E-state index contributed by atoms with van der Waals surface area (Å²) in [6.45, 7) is 33.1. The van der Waals surface area contributed by atoms with Gasteiger partial charge in [0.15, 0.2) is 6.61 Å². The van der Waals surface area contributed by atoms with E-state index in [1.165, 1.54) is 0 Å². The van der Waals surface area contributed by atoms with Crippen molar-refractivity contribution in [3.8, 4) is 5.75 Å². The SMILES string of the molecule is CCN(CC)CC(=O)Nc1c(C)cc(OCC(=O)N(C)CCCOCCOCCOCCCN(C)CC(=O)Nc2c(C)cccc2C)cc1C.Cc1cccc(C)c1NC(=O)CN1CCOCCOCCN(CC(=O)Nc2c(C)cccc2C)CCOCCOCC1. The van der Waals surface area contributed by atoms with Crippen LogP contribution in [0, 0.1) is 55.4 Å². The van der Waals surface area contributed by atoms with Crippen LogP contribution in [0.2, 0.25) is 0 Å². The van der Waals surface area contributed by atoms with Crippen molar-refractivity contribution in [1.82, 2.24) is 24.5 Å². The van der Waals surface area contributed by atoms with Crippen molar-refractivity contribution >= 4 is 52.3 Å². The van der Waals surface area contributed by atoms with Crippen molar-refractivity contribution in [2.24, 2.45) is 0 Å². The lowest BCUT2D eigenvalue weighted by atomic mass is 10.1. The van der Waals surface area contributed by atoms with E-state index in [2.05, 4.69) is 26.2 Å². The zero-order valence-corrected chi connectivity index (χ0v) is 57.4. The summed E-state index contributed by atoms with van der Waals surface area (Å²) in [5.41, 5.74) is 11.4. The Hall–Kier alpha value is -6.41. The summed E-state index contributed by atoms with van der Waals surface area (Å²) in [6.07, 6.45) is 1.53. The first-order valence-electron chi connectivity index (χ1n) is 32.5. The van der Waals surface area contributed by atoms with E-state index >= 15 is 0 Å². The van der Waals surface area contributed by atoms with Gasteiger partial charge in [-0.2, -0.15) is 0 Å². The van der Waals surface area contributed by atoms with Crippen LogP contribution in [0.5, 0.6) is 5.75 Å². The summed E-state index contributed by atoms with van der Waals surface area (Å²) in [6, 6.07) is 21.6. The summed E-state index contributed by atoms with van der Waals surface area (Å²) in [4.78, 5) is 72.9. The second kappa shape index (κ2) is 45.0. The number of carbonyl (C=O) groups is 5. The molecule has 22 nitrogen and oxygen atoms in total. The lowest BCUT2D eigenvalue weighted by molar-refractivity contribution is -0.132. The lowest BCUT2D eigenvalue weighted by Crippen LogP contribution is -2.39. The molecule has 1 aliphatic rings. The number of para-hydroxylation sites is 3. The molecule has 1 heterocycles. The molecule has 92 heavy (non-hydrogen) atoms. The molecule has 22 heteroatoms. The van der Waals surface area contributed by atoms with Gasteiger partial charge in [0.05, 0.1) is 105 Å². The molecular weight excluding hydrogens is 1170 g/mol. The van der Waals surface area contributed by atoms with E-state index in [1.54, 1.807) is 11.9 Å². The fraction of sp³-hybridized carbons (Fsp3) is 0.586. The molecule has 0 aromatic heterocycles. The Morgan fingerprint density at radius 2 is 0.783 bits per heavy atom. The number of ether oxygens (including phenoxy) is 8. The van der Waals surface area contributed by atoms with E-state index in [9.17, 15) is 24.0 Å². The Morgan fingerprint density at radius 3 is 1.16 bits per heavy atom. The summed E-state index contributed by atoms with van der Waals surface area (Å²) >= 11 is 0.